The molecule has 0 aliphatic heterocycles. The molecule has 0 heterocycles. The molecule has 1 saturated carbocycles. The van der Waals surface area contributed by atoms with Gasteiger partial charge in [-0.3, -0.25) is 0 Å². The fourth-order valence-corrected chi connectivity index (χ4v) is 3.25. The highest BCUT2D eigenvalue weighted by atomic mass is 79.9. The fraction of sp³-hybridized carbons (Fsp3) is 0.600. The van der Waals surface area contributed by atoms with Crippen molar-refractivity contribution in [3.8, 4) is 0 Å². The maximum atomic E-state index is 13.8. The second kappa shape index (κ2) is 5.30. The fourth-order valence-electron chi connectivity index (χ4n) is 2.87. The van der Waals surface area contributed by atoms with Crippen molar-refractivity contribution in [1.82, 2.24) is 5.32 Å². The molecule has 0 amide bonds. The normalized spacial score (nSPS) is 24.2. The summed E-state index contributed by atoms with van der Waals surface area (Å²) in [7, 11) is 0. The zero-order chi connectivity index (χ0) is 13.3. The van der Waals surface area contributed by atoms with E-state index in [0.29, 0.717) is 11.5 Å². The number of hydrogen-bond acceptors (Lipinski definition) is 1. The van der Waals surface area contributed by atoms with Crippen LogP contribution in [0.3, 0.4) is 0 Å². The first-order chi connectivity index (χ1) is 8.40. The van der Waals surface area contributed by atoms with Crippen molar-refractivity contribution in [2.24, 2.45) is 5.41 Å². The molecule has 1 nitrogen and oxygen atoms in total. The summed E-state index contributed by atoms with van der Waals surface area (Å²) in [4.78, 5) is 0. The summed E-state index contributed by atoms with van der Waals surface area (Å²) >= 11 is 3.41. The molecule has 0 spiro atoms. The second-order valence-corrected chi connectivity index (χ2v) is 6.90. The average molecular weight is 314 g/mol. The lowest BCUT2D eigenvalue weighted by molar-refractivity contribution is 0.265. The summed E-state index contributed by atoms with van der Waals surface area (Å²) in [6, 6.07) is 5.66. The standard InChI is InChI=1S/C15H21BrFN/c1-10(12-9-11(16)6-7-13(12)17)18-14-5-4-8-15(14,2)3/h6-7,9-10,14,18H,4-5,8H2,1-3H3. The van der Waals surface area contributed by atoms with Crippen molar-refractivity contribution in [2.45, 2.75) is 52.1 Å². The first kappa shape index (κ1) is 14.0. The van der Waals surface area contributed by atoms with Crippen LogP contribution < -0.4 is 5.32 Å². The zero-order valence-corrected chi connectivity index (χ0v) is 12.8. The van der Waals surface area contributed by atoms with Gasteiger partial charge in [0, 0.05) is 22.1 Å². The highest BCUT2D eigenvalue weighted by molar-refractivity contribution is 9.10. The Morgan fingerprint density at radius 3 is 2.78 bits per heavy atom. The molecular formula is C15H21BrFN. The van der Waals surface area contributed by atoms with Crippen molar-refractivity contribution in [2.75, 3.05) is 0 Å². The molecule has 0 saturated heterocycles. The van der Waals surface area contributed by atoms with Crippen LogP contribution in [0, 0.1) is 11.2 Å². The van der Waals surface area contributed by atoms with Crippen LogP contribution in [-0.4, -0.2) is 6.04 Å². The topological polar surface area (TPSA) is 12.0 Å². The van der Waals surface area contributed by atoms with Gasteiger partial charge in [-0.15, -0.1) is 0 Å². The van der Waals surface area contributed by atoms with E-state index in [-0.39, 0.29) is 11.9 Å². The molecule has 1 aromatic carbocycles. The van der Waals surface area contributed by atoms with Crippen molar-refractivity contribution in [1.29, 1.82) is 0 Å². The Balaban J connectivity index is 2.12. The van der Waals surface area contributed by atoms with Gasteiger partial charge in [-0.2, -0.15) is 0 Å². The van der Waals surface area contributed by atoms with Crippen molar-refractivity contribution < 1.29 is 4.39 Å². The molecule has 1 fully saturated rings. The largest absolute Gasteiger partial charge is 0.307 e. The van der Waals surface area contributed by atoms with Crippen LogP contribution in [-0.2, 0) is 0 Å². The number of halogens is 2. The van der Waals surface area contributed by atoms with E-state index in [1.54, 1.807) is 6.07 Å². The van der Waals surface area contributed by atoms with E-state index in [9.17, 15) is 4.39 Å². The first-order valence-electron chi connectivity index (χ1n) is 6.61. The number of hydrogen-bond donors (Lipinski definition) is 1. The van der Waals surface area contributed by atoms with Crippen molar-refractivity contribution in [3.05, 3.63) is 34.1 Å². The van der Waals surface area contributed by atoms with Crippen molar-refractivity contribution in [3.63, 3.8) is 0 Å². The van der Waals surface area contributed by atoms with E-state index >= 15 is 0 Å². The van der Waals surface area contributed by atoms with Crippen LogP contribution in [0.15, 0.2) is 22.7 Å². The van der Waals surface area contributed by atoms with Crippen LogP contribution in [0.25, 0.3) is 0 Å². The van der Waals surface area contributed by atoms with Gasteiger partial charge in [-0.25, -0.2) is 4.39 Å². The summed E-state index contributed by atoms with van der Waals surface area (Å²) in [5.41, 5.74) is 1.06. The Morgan fingerprint density at radius 1 is 1.44 bits per heavy atom. The number of nitrogens with one attached hydrogen (secondary N) is 1. The lowest BCUT2D eigenvalue weighted by atomic mass is 9.86. The molecule has 0 bridgehead atoms. The Kier molecular flexibility index (Phi) is 4.12. The van der Waals surface area contributed by atoms with Gasteiger partial charge in [0.2, 0.25) is 0 Å². The lowest BCUT2D eigenvalue weighted by Gasteiger charge is -2.31. The Morgan fingerprint density at radius 2 is 2.17 bits per heavy atom. The molecule has 1 aliphatic carbocycles. The average Bonchev–Trinajstić information content (AvgIpc) is 2.62. The minimum atomic E-state index is -0.131. The van der Waals surface area contributed by atoms with Crippen LogP contribution in [0.4, 0.5) is 4.39 Å². The van der Waals surface area contributed by atoms with E-state index in [4.69, 9.17) is 0 Å². The van der Waals surface area contributed by atoms with E-state index in [0.717, 1.165) is 10.0 Å². The number of benzene rings is 1. The lowest BCUT2D eigenvalue weighted by Crippen LogP contribution is -2.39. The van der Waals surface area contributed by atoms with Gasteiger partial charge in [0.1, 0.15) is 5.82 Å². The minimum Gasteiger partial charge on any atom is -0.307 e. The third-order valence-electron chi connectivity index (χ3n) is 4.13. The van der Waals surface area contributed by atoms with Crippen LogP contribution >= 0.6 is 15.9 Å². The van der Waals surface area contributed by atoms with Gasteiger partial charge in [0.25, 0.3) is 0 Å². The summed E-state index contributed by atoms with van der Waals surface area (Å²) in [6.07, 6.45) is 3.70. The van der Waals surface area contributed by atoms with Gasteiger partial charge in [0.15, 0.2) is 0 Å². The number of rotatable bonds is 3. The predicted molar refractivity (Wildman–Crippen MR) is 77.1 cm³/mol. The van der Waals surface area contributed by atoms with Crippen LogP contribution in [0.2, 0.25) is 0 Å². The second-order valence-electron chi connectivity index (χ2n) is 5.99. The monoisotopic (exact) mass is 313 g/mol. The maximum absolute atomic E-state index is 13.8. The van der Waals surface area contributed by atoms with E-state index < -0.39 is 0 Å². The van der Waals surface area contributed by atoms with Gasteiger partial charge < -0.3 is 5.32 Å². The maximum Gasteiger partial charge on any atom is 0.128 e. The van der Waals surface area contributed by atoms with E-state index in [1.165, 1.54) is 25.3 Å². The molecular weight excluding hydrogens is 293 g/mol. The molecule has 0 aromatic heterocycles. The SMILES string of the molecule is CC(NC1CCCC1(C)C)c1cc(Br)ccc1F. The molecule has 0 radical (unpaired) electrons. The minimum absolute atomic E-state index is 0.0462. The molecule has 1 N–H and O–H groups in total. The molecule has 18 heavy (non-hydrogen) atoms. The zero-order valence-electron chi connectivity index (χ0n) is 11.3. The van der Waals surface area contributed by atoms with Crippen molar-refractivity contribution >= 4 is 15.9 Å². The first-order valence-corrected chi connectivity index (χ1v) is 7.40. The summed E-state index contributed by atoms with van der Waals surface area (Å²) in [5.74, 6) is -0.131. The Bertz CT molecular complexity index is 431. The molecule has 1 aromatic rings. The van der Waals surface area contributed by atoms with Gasteiger partial charge in [-0.1, -0.05) is 36.2 Å². The third-order valence-corrected chi connectivity index (χ3v) is 4.63. The van der Waals surface area contributed by atoms with E-state index in [1.807, 2.05) is 13.0 Å². The van der Waals surface area contributed by atoms with Crippen LogP contribution in [0.5, 0.6) is 0 Å². The van der Waals surface area contributed by atoms with Gasteiger partial charge in [0.05, 0.1) is 0 Å². The van der Waals surface area contributed by atoms with Gasteiger partial charge in [-0.05, 0) is 43.4 Å². The molecule has 2 unspecified atom stereocenters. The predicted octanol–water partition coefficient (Wildman–Crippen LogP) is 4.82. The third kappa shape index (κ3) is 2.94. The molecule has 2 atom stereocenters. The quantitative estimate of drug-likeness (QED) is 0.843. The van der Waals surface area contributed by atoms with E-state index in [2.05, 4.69) is 35.1 Å². The summed E-state index contributed by atoms with van der Waals surface area (Å²) in [5, 5.41) is 3.59. The molecule has 100 valence electrons. The molecule has 3 heteroatoms. The smallest absolute Gasteiger partial charge is 0.128 e. The Hall–Kier alpha value is -0.410. The van der Waals surface area contributed by atoms with Crippen LogP contribution in [0.1, 0.15) is 51.6 Å². The highest BCUT2D eigenvalue weighted by Gasteiger charge is 2.35. The highest BCUT2D eigenvalue weighted by Crippen LogP contribution is 2.38. The summed E-state index contributed by atoms with van der Waals surface area (Å²) < 4.78 is 14.8. The molecule has 1 aliphatic rings. The van der Waals surface area contributed by atoms with Gasteiger partial charge >= 0.3 is 0 Å². The molecule has 2 rings (SSSR count). The summed E-state index contributed by atoms with van der Waals surface area (Å²) in [6.45, 7) is 6.63. The Labute approximate surface area is 117 Å².